The average molecular weight is 324 g/mol. The fraction of sp³-hybridized carbons (Fsp3) is 0.0625. The smallest absolute Gasteiger partial charge is 0.276 e. The number of anilines is 1. The lowest BCUT2D eigenvalue weighted by Crippen LogP contribution is -2.13. The zero-order chi connectivity index (χ0) is 17.3. The van der Waals surface area contributed by atoms with Crippen LogP contribution in [0.15, 0.2) is 42.5 Å². The van der Waals surface area contributed by atoms with Crippen LogP contribution in [0.25, 0.3) is 10.9 Å². The molecule has 0 saturated carbocycles. The zero-order valence-corrected chi connectivity index (χ0v) is 12.6. The topological polar surface area (TPSA) is 118 Å². The SMILES string of the molecule is CC(=O)c1cccc(NC(=O)c2n[nH]c3ccc([N+](=O)[O-])cc23)c1. The minimum Gasteiger partial charge on any atom is -0.321 e. The number of nitrogens with zero attached hydrogens (tertiary/aromatic N) is 2. The molecule has 3 aromatic rings. The number of nitro benzene ring substituents is 1. The molecule has 8 heteroatoms. The summed E-state index contributed by atoms with van der Waals surface area (Å²) >= 11 is 0. The van der Waals surface area contributed by atoms with E-state index in [1.54, 1.807) is 24.3 Å². The van der Waals surface area contributed by atoms with E-state index in [1.165, 1.54) is 25.1 Å². The summed E-state index contributed by atoms with van der Waals surface area (Å²) in [6.45, 7) is 1.43. The predicted molar refractivity (Wildman–Crippen MR) is 87.1 cm³/mol. The second kappa shape index (κ2) is 5.92. The van der Waals surface area contributed by atoms with E-state index in [0.29, 0.717) is 22.2 Å². The first-order valence-corrected chi connectivity index (χ1v) is 7.00. The summed E-state index contributed by atoms with van der Waals surface area (Å²) in [5.74, 6) is -0.644. The third-order valence-corrected chi connectivity index (χ3v) is 3.50. The zero-order valence-electron chi connectivity index (χ0n) is 12.6. The lowest BCUT2D eigenvalue weighted by atomic mass is 10.1. The van der Waals surface area contributed by atoms with Gasteiger partial charge in [0, 0.05) is 28.8 Å². The largest absolute Gasteiger partial charge is 0.321 e. The maximum absolute atomic E-state index is 12.4. The van der Waals surface area contributed by atoms with E-state index in [-0.39, 0.29) is 17.2 Å². The minimum absolute atomic E-state index is 0.0435. The van der Waals surface area contributed by atoms with Crippen LogP contribution in [0.1, 0.15) is 27.8 Å². The Morgan fingerprint density at radius 2 is 2.00 bits per heavy atom. The quantitative estimate of drug-likeness (QED) is 0.434. The van der Waals surface area contributed by atoms with Crippen molar-refractivity contribution in [3.63, 3.8) is 0 Å². The molecule has 1 heterocycles. The molecule has 0 aliphatic carbocycles. The van der Waals surface area contributed by atoms with Crippen molar-refractivity contribution in [1.82, 2.24) is 10.2 Å². The molecule has 3 rings (SSSR count). The van der Waals surface area contributed by atoms with Crippen molar-refractivity contribution in [1.29, 1.82) is 0 Å². The number of aromatic nitrogens is 2. The molecule has 0 spiro atoms. The average Bonchev–Trinajstić information content (AvgIpc) is 2.98. The number of carbonyl (C=O) groups excluding carboxylic acids is 2. The van der Waals surface area contributed by atoms with Crippen molar-refractivity contribution in [3.8, 4) is 0 Å². The lowest BCUT2D eigenvalue weighted by molar-refractivity contribution is -0.384. The summed E-state index contributed by atoms with van der Waals surface area (Å²) in [5, 5.41) is 20.5. The molecule has 24 heavy (non-hydrogen) atoms. The van der Waals surface area contributed by atoms with Gasteiger partial charge in [-0.05, 0) is 25.1 Å². The van der Waals surface area contributed by atoms with Gasteiger partial charge < -0.3 is 5.32 Å². The first-order valence-electron chi connectivity index (χ1n) is 7.00. The number of aromatic amines is 1. The number of rotatable bonds is 4. The standard InChI is InChI=1S/C16H12N4O4/c1-9(21)10-3-2-4-11(7-10)17-16(22)15-13-8-12(20(23)24)5-6-14(13)18-19-15/h2-8H,1H3,(H,17,22)(H,18,19). The number of hydrogen-bond donors (Lipinski definition) is 2. The van der Waals surface area contributed by atoms with Crippen LogP contribution in [0.2, 0.25) is 0 Å². The second-order valence-electron chi connectivity index (χ2n) is 5.15. The first-order chi connectivity index (χ1) is 11.5. The van der Waals surface area contributed by atoms with E-state index < -0.39 is 10.8 Å². The van der Waals surface area contributed by atoms with Crippen molar-refractivity contribution < 1.29 is 14.5 Å². The third-order valence-electron chi connectivity index (χ3n) is 3.50. The molecule has 8 nitrogen and oxygen atoms in total. The monoisotopic (exact) mass is 324 g/mol. The Balaban J connectivity index is 1.94. The van der Waals surface area contributed by atoms with Gasteiger partial charge in [-0.15, -0.1) is 0 Å². The normalized spacial score (nSPS) is 10.5. The summed E-state index contributed by atoms with van der Waals surface area (Å²) in [7, 11) is 0. The Hall–Kier alpha value is -3.55. The Morgan fingerprint density at radius 3 is 2.71 bits per heavy atom. The molecule has 1 amide bonds. The van der Waals surface area contributed by atoms with Crippen LogP contribution in [-0.2, 0) is 0 Å². The van der Waals surface area contributed by atoms with Gasteiger partial charge in [0.25, 0.3) is 11.6 Å². The van der Waals surface area contributed by atoms with Crippen LogP contribution >= 0.6 is 0 Å². The highest BCUT2D eigenvalue weighted by Gasteiger charge is 2.17. The fourth-order valence-corrected chi connectivity index (χ4v) is 2.29. The van der Waals surface area contributed by atoms with Crippen LogP contribution in [0, 0.1) is 10.1 Å². The van der Waals surface area contributed by atoms with Crippen molar-refractivity contribution >= 4 is 34.0 Å². The summed E-state index contributed by atoms with van der Waals surface area (Å²) in [6.07, 6.45) is 0. The summed E-state index contributed by atoms with van der Waals surface area (Å²) in [6, 6.07) is 10.6. The molecule has 0 saturated heterocycles. The lowest BCUT2D eigenvalue weighted by Gasteiger charge is -2.05. The highest BCUT2D eigenvalue weighted by atomic mass is 16.6. The van der Waals surface area contributed by atoms with E-state index in [9.17, 15) is 19.7 Å². The Labute approximate surface area is 135 Å². The molecular weight excluding hydrogens is 312 g/mol. The van der Waals surface area contributed by atoms with E-state index >= 15 is 0 Å². The number of nitro groups is 1. The number of hydrogen-bond acceptors (Lipinski definition) is 5. The van der Waals surface area contributed by atoms with Gasteiger partial charge in [0.2, 0.25) is 0 Å². The fourth-order valence-electron chi connectivity index (χ4n) is 2.29. The number of non-ortho nitro benzene ring substituents is 1. The van der Waals surface area contributed by atoms with E-state index in [2.05, 4.69) is 15.5 Å². The highest BCUT2D eigenvalue weighted by molar-refractivity contribution is 6.11. The maximum atomic E-state index is 12.4. The second-order valence-corrected chi connectivity index (χ2v) is 5.15. The molecule has 0 bridgehead atoms. The molecule has 2 aromatic carbocycles. The van der Waals surface area contributed by atoms with Crippen LogP contribution in [0.3, 0.4) is 0 Å². The highest BCUT2D eigenvalue weighted by Crippen LogP contribution is 2.23. The molecule has 120 valence electrons. The van der Waals surface area contributed by atoms with Crippen LogP contribution < -0.4 is 5.32 Å². The van der Waals surface area contributed by atoms with Gasteiger partial charge in [-0.1, -0.05) is 12.1 Å². The number of carbonyl (C=O) groups is 2. The number of H-pyrrole nitrogens is 1. The Kier molecular flexibility index (Phi) is 3.78. The molecule has 0 aliphatic rings. The van der Waals surface area contributed by atoms with E-state index in [0.717, 1.165) is 0 Å². The molecule has 0 aliphatic heterocycles. The van der Waals surface area contributed by atoms with Gasteiger partial charge in [0.1, 0.15) is 0 Å². The molecule has 1 aromatic heterocycles. The van der Waals surface area contributed by atoms with E-state index in [1.807, 2.05) is 0 Å². The van der Waals surface area contributed by atoms with Gasteiger partial charge in [-0.25, -0.2) is 0 Å². The number of fused-ring (bicyclic) bond motifs is 1. The number of nitrogens with one attached hydrogen (secondary N) is 2. The Bertz CT molecular complexity index is 977. The van der Waals surface area contributed by atoms with Gasteiger partial charge >= 0.3 is 0 Å². The third kappa shape index (κ3) is 2.84. The minimum atomic E-state index is -0.537. The number of ketones is 1. The summed E-state index contributed by atoms with van der Waals surface area (Å²) in [4.78, 5) is 34.1. The summed E-state index contributed by atoms with van der Waals surface area (Å²) < 4.78 is 0. The predicted octanol–water partition coefficient (Wildman–Crippen LogP) is 2.93. The number of Topliss-reactive ketones (excluding diaryl/α,β-unsaturated/α-hetero) is 1. The van der Waals surface area contributed by atoms with Crippen molar-refractivity contribution in [2.75, 3.05) is 5.32 Å². The van der Waals surface area contributed by atoms with Crippen LogP contribution in [-0.4, -0.2) is 26.8 Å². The molecular formula is C16H12N4O4. The van der Waals surface area contributed by atoms with Crippen LogP contribution in [0.5, 0.6) is 0 Å². The van der Waals surface area contributed by atoms with E-state index in [4.69, 9.17) is 0 Å². The van der Waals surface area contributed by atoms with Gasteiger partial charge in [-0.2, -0.15) is 5.10 Å². The molecule has 0 fully saturated rings. The molecule has 2 N–H and O–H groups in total. The molecule has 0 atom stereocenters. The first kappa shape index (κ1) is 15.3. The van der Waals surface area contributed by atoms with Crippen molar-refractivity contribution in [2.24, 2.45) is 0 Å². The molecule has 0 unspecified atom stereocenters. The van der Waals surface area contributed by atoms with Crippen molar-refractivity contribution in [3.05, 3.63) is 63.8 Å². The number of amides is 1. The van der Waals surface area contributed by atoms with Gasteiger partial charge in [0.15, 0.2) is 11.5 Å². The summed E-state index contributed by atoms with van der Waals surface area (Å²) in [5.41, 5.74) is 1.34. The van der Waals surface area contributed by atoms with Gasteiger partial charge in [0.05, 0.1) is 10.4 Å². The van der Waals surface area contributed by atoms with Crippen LogP contribution in [0.4, 0.5) is 11.4 Å². The number of benzene rings is 2. The van der Waals surface area contributed by atoms with Crippen molar-refractivity contribution in [2.45, 2.75) is 6.92 Å². The van der Waals surface area contributed by atoms with Gasteiger partial charge in [-0.3, -0.25) is 24.8 Å². The Morgan fingerprint density at radius 1 is 1.21 bits per heavy atom. The molecule has 0 radical (unpaired) electrons. The maximum Gasteiger partial charge on any atom is 0.276 e.